The van der Waals surface area contributed by atoms with Crippen molar-refractivity contribution in [3.63, 3.8) is 0 Å². The molecule has 2 bridgehead atoms. The number of carbonyl (C=O) groups excluding carboxylic acids is 6. The maximum Gasteiger partial charge on any atom is 0.325 e. The number of rotatable bonds is 15. The summed E-state index contributed by atoms with van der Waals surface area (Å²) in [7, 11) is 0. The van der Waals surface area contributed by atoms with Gasteiger partial charge >= 0.3 is 5.97 Å². The maximum absolute atomic E-state index is 14.5. The van der Waals surface area contributed by atoms with E-state index < -0.39 is 108 Å². The minimum Gasteiger partial charge on any atom is -0.456 e. The van der Waals surface area contributed by atoms with Gasteiger partial charge in [0.05, 0.1) is 36.4 Å². The standard InChI is InChI=1S/C59H86FN5O12/c1-9-40-30-41-31-44-53(70)38(8)50(77-59(41,44)63-54(40)71)32-48(68)34(4)18-12-10-13-19-35(5)49-24-15-11-14-23-47(67)37(7)52(69)43(26-25-36(6)66)55(72)62-51(33(2)3)56(73)61-46(29-39-20-16-21-42(60)28-39)57(74)65-27-17-22-45(64-65)58(75)76-49/h10-11,13-16,19-21,23,28,33-34,37-38,40-41,43-53,64,67-70H,9,12,17-18,22,24-27,29-32H2,1-8H3,(H,61,73)(H,62,72)(H,63,71)/b13-10+,15-11+,23-14+,35-19+/t34-,37-,38-,40-,41+,43+,44-,45?,46-,47-,48-,49-,50-,51-,52+,53-,59+/m0/s1. The van der Waals surface area contributed by atoms with Crippen LogP contribution in [0.4, 0.5) is 4.39 Å². The average Bonchev–Trinajstić information content (AvgIpc) is 3.39. The summed E-state index contributed by atoms with van der Waals surface area (Å²) in [6.45, 7) is 14.3. The molecule has 3 saturated heterocycles. The van der Waals surface area contributed by atoms with Crippen LogP contribution in [0.3, 0.4) is 0 Å². The number of aliphatic hydroxyl groups is 4. The monoisotopic (exact) mass is 1080 g/mol. The SMILES string of the molecule is CC[C@H]1C[C@@H]2C[C@H]3[C@@H](O)[C@@H](C)[C@H](C[C@H](O)[C@@H](C)CC/C=C/C=C(\C)[C@@H]4C/C=C/C=C/[C@H](O)[C@H](C)[C@@H](O)[C@@H](CCC(C)=O)C(=O)N[C@@H](C(C)C)C(=O)N[C@@H](Cc5cccc(F)c5)C(=O)N5CCCC(N5)C(=O)O4)O[C@]23NC1=O. The number of aliphatic hydroxyl groups excluding tert-OH is 4. The molecule has 1 unspecified atom stereocenters. The minimum atomic E-state index is -1.44. The number of carbonyl (C=O) groups is 6. The van der Waals surface area contributed by atoms with Gasteiger partial charge in [0.1, 0.15) is 41.6 Å². The highest BCUT2D eigenvalue weighted by Crippen LogP contribution is 2.57. The second-order valence-corrected chi connectivity index (χ2v) is 23.0. The van der Waals surface area contributed by atoms with Gasteiger partial charge in [-0.05, 0) is 100 Å². The van der Waals surface area contributed by atoms with Gasteiger partial charge in [-0.2, -0.15) is 0 Å². The Bertz CT molecular complexity index is 2360. The molecule has 5 aliphatic rings. The van der Waals surface area contributed by atoms with Gasteiger partial charge in [0.25, 0.3) is 5.91 Å². The molecule has 6 rings (SSSR count). The molecular formula is C59H86FN5O12. The number of cyclic esters (lactones) is 1. The Hall–Kier alpha value is -5.11. The minimum absolute atomic E-state index is 0.0339. The van der Waals surface area contributed by atoms with Crippen LogP contribution in [0.2, 0.25) is 0 Å². The van der Waals surface area contributed by atoms with Crippen molar-refractivity contribution in [3.05, 3.63) is 83.8 Å². The summed E-state index contributed by atoms with van der Waals surface area (Å²) in [5.41, 5.74) is 3.25. The van der Waals surface area contributed by atoms with Crippen molar-refractivity contribution in [1.82, 2.24) is 26.4 Å². The molecular weight excluding hydrogens is 990 g/mol. The Morgan fingerprint density at radius 1 is 0.974 bits per heavy atom. The molecule has 1 aromatic carbocycles. The molecule has 4 heterocycles. The number of ketones is 1. The number of nitrogens with one attached hydrogen (secondary N) is 4. The molecule has 77 heavy (non-hydrogen) atoms. The zero-order valence-corrected chi connectivity index (χ0v) is 46.2. The number of hydrazine groups is 1. The van der Waals surface area contributed by atoms with E-state index in [0.29, 0.717) is 43.2 Å². The van der Waals surface area contributed by atoms with Crippen LogP contribution in [0.25, 0.3) is 0 Å². The Labute approximate surface area is 453 Å². The number of ether oxygens (including phenoxy) is 2. The molecule has 4 amide bonds. The summed E-state index contributed by atoms with van der Waals surface area (Å²) < 4.78 is 27.3. The van der Waals surface area contributed by atoms with Gasteiger partial charge in [0.2, 0.25) is 17.7 Å². The van der Waals surface area contributed by atoms with Crippen LogP contribution in [0, 0.1) is 53.2 Å². The van der Waals surface area contributed by atoms with E-state index in [4.69, 9.17) is 9.47 Å². The van der Waals surface area contributed by atoms with E-state index in [9.17, 15) is 53.6 Å². The van der Waals surface area contributed by atoms with Crippen molar-refractivity contribution in [2.75, 3.05) is 6.54 Å². The highest BCUT2D eigenvalue weighted by molar-refractivity contribution is 5.93. The number of nitrogens with zero attached hydrogens (tertiary/aromatic N) is 1. The zero-order chi connectivity index (χ0) is 56.3. The lowest BCUT2D eigenvalue weighted by molar-refractivity contribution is -0.320. The van der Waals surface area contributed by atoms with Crippen molar-refractivity contribution in [1.29, 1.82) is 0 Å². The smallest absolute Gasteiger partial charge is 0.325 e. The molecule has 1 aromatic rings. The molecule has 426 valence electrons. The molecule has 1 aliphatic carbocycles. The van der Waals surface area contributed by atoms with Crippen LogP contribution in [0.15, 0.2) is 72.4 Å². The van der Waals surface area contributed by atoms with Gasteiger partial charge in [0.15, 0.2) is 0 Å². The summed E-state index contributed by atoms with van der Waals surface area (Å²) in [5.74, 6) is -6.51. The number of allylic oxidation sites excluding steroid dienone is 5. The Kier molecular flexibility index (Phi) is 22.0. The molecule has 0 aromatic heterocycles. The number of hydrogen-bond acceptors (Lipinski definition) is 13. The van der Waals surface area contributed by atoms with Crippen LogP contribution in [0.5, 0.6) is 0 Å². The third-order valence-corrected chi connectivity index (χ3v) is 17.0. The largest absolute Gasteiger partial charge is 0.456 e. The fraction of sp³-hybridized carbons (Fsp3) is 0.661. The van der Waals surface area contributed by atoms with Crippen LogP contribution in [-0.2, 0) is 44.7 Å². The second-order valence-electron chi connectivity index (χ2n) is 23.0. The van der Waals surface area contributed by atoms with Crippen molar-refractivity contribution < 1.29 is 63.1 Å². The highest BCUT2D eigenvalue weighted by Gasteiger charge is 2.67. The van der Waals surface area contributed by atoms with Crippen molar-refractivity contribution in [2.45, 2.75) is 193 Å². The number of halogens is 1. The number of piperidine rings is 1. The van der Waals surface area contributed by atoms with E-state index >= 15 is 0 Å². The number of fused-ring (bicyclic) bond motifs is 2. The molecule has 1 saturated carbocycles. The van der Waals surface area contributed by atoms with Gasteiger partial charge in [-0.1, -0.05) is 96.2 Å². The number of hydrogen-bond donors (Lipinski definition) is 8. The molecule has 18 heteroatoms. The van der Waals surface area contributed by atoms with Crippen LogP contribution >= 0.6 is 0 Å². The van der Waals surface area contributed by atoms with Gasteiger partial charge in [-0.15, -0.1) is 0 Å². The summed E-state index contributed by atoms with van der Waals surface area (Å²) in [5, 5.41) is 55.5. The molecule has 0 radical (unpaired) electrons. The lowest BCUT2D eigenvalue weighted by Crippen LogP contribution is -2.78. The number of amides is 4. The van der Waals surface area contributed by atoms with Crippen molar-refractivity contribution in [3.8, 4) is 0 Å². The average molecular weight is 1080 g/mol. The van der Waals surface area contributed by atoms with Gasteiger partial charge in [0, 0.05) is 61.8 Å². The molecule has 17 nitrogen and oxygen atoms in total. The highest BCUT2D eigenvalue weighted by atomic mass is 19.1. The predicted octanol–water partition coefficient (Wildman–Crippen LogP) is 5.20. The zero-order valence-electron chi connectivity index (χ0n) is 46.2. The number of Topliss-reactive ketones (excluding diaryl/α,β-unsaturated/α-hetero) is 1. The van der Waals surface area contributed by atoms with E-state index in [1.165, 1.54) is 36.2 Å². The lowest BCUT2D eigenvalue weighted by Gasteiger charge is -2.65. The third-order valence-electron chi connectivity index (χ3n) is 17.0. The molecule has 17 atom stereocenters. The van der Waals surface area contributed by atoms with E-state index in [1.54, 1.807) is 45.1 Å². The first-order valence-electron chi connectivity index (χ1n) is 28.1. The molecule has 4 aliphatic heterocycles. The normalized spacial score (nSPS) is 35.6. The molecule has 1 spiro atoms. The van der Waals surface area contributed by atoms with E-state index in [1.807, 2.05) is 45.9 Å². The first-order chi connectivity index (χ1) is 36.5. The first kappa shape index (κ1) is 61.1. The topological polar surface area (TPSA) is 253 Å². The van der Waals surface area contributed by atoms with Crippen molar-refractivity contribution >= 4 is 35.4 Å². The second kappa shape index (κ2) is 27.7. The summed E-state index contributed by atoms with van der Waals surface area (Å²) >= 11 is 0. The molecule has 4 fully saturated rings. The Morgan fingerprint density at radius 3 is 2.43 bits per heavy atom. The first-order valence-corrected chi connectivity index (χ1v) is 28.1. The predicted molar refractivity (Wildman–Crippen MR) is 287 cm³/mol. The van der Waals surface area contributed by atoms with E-state index in [-0.39, 0.29) is 73.5 Å². The fourth-order valence-electron chi connectivity index (χ4n) is 11.6. The van der Waals surface area contributed by atoms with Crippen LogP contribution in [-0.4, -0.2) is 128 Å². The summed E-state index contributed by atoms with van der Waals surface area (Å²) in [6, 6.07) is 2.16. The van der Waals surface area contributed by atoms with E-state index in [2.05, 4.69) is 21.4 Å². The van der Waals surface area contributed by atoms with Crippen LogP contribution in [0.1, 0.15) is 132 Å². The lowest BCUT2D eigenvalue weighted by atomic mass is 9.55. The Morgan fingerprint density at radius 2 is 1.73 bits per heavy atom. The summed E-state index contributed by atoms with van der Waals surface area (Å²) in [6.07, 6.45) is 11.5. The quantitative estimate of drug-likeness (QED) is 0.0832. The van der Waals surface area contributed by atoms with Crippen LogP contribution < -0.4 is 21.4 Å². The number of esters is 1. The van der Waals surface area contributed by atoms with Gasteiger partial charge in [-0.3, -0.25) is 29.0 Å². The van der Waals surface area contributed by atoms with Gasteiger partial charge < -0.3 is 50.6 Å². The van der Waals surface area contributed by atoms with Crippen molar-refractivity contribution in [2.24, 2.45) is 47.3 Å². The maximum atomic E-state index is 14.5. The fourth-order valence-corrected chi connectivity index (χ4v) is 11.6. The summed E-state index contributed by atoms with van der Waals surface area (Å²) in [4.78, 5) is 81.9. The van der Waals surface area contributed by atoms with Gasteiger partial charge in [-0.25, -0.2) is 9.82 Å². The Balaban J connectivity index is 1.18. The molecule has 8 N–H and O–H groups in total. The number of benzene rings is 1. The van der Waals surface area contributed by atoms with E-state index in [0.717, 1.165) is 19.3 Å². The third kappa shape index (κ3) is 15.4.